The maximum Gasteiger partial charge on any atom is 0.416 e. The van der Waals surface area contributed by atoms with E-state index in [4.69, 9.17) is 4.42 Å². The summed E-state index contributed by atoms with van der Waals surface area (Å²) in [6.45, 7) is 1.92. The fourth-order valence-corrected chi connectivity index (χ4v) is 3.94. The molecule has 1 atom stereocenters. The average molecular weight is 427 g/mol. The Labute approximate surface area is 169 Å². The molecule has 0 bridgehead atoms. The number of nitrogens with zero attached hydrogens (tertiary/aromatic N) is 1. The van der Waals surface area contributed by atoms with Crippen LogP contribution in [-0.2, 0) is 15.8 Å². The lowest BCUT2D eigenvalue weighted by Gasteiger charge is -2.33. The Morgan fingerprint density at radius 1 is 1.10 bits per heavy atom. The second-order valence-electron chi connectivity index (χ2n) is 6.46. The molecule has 2 N–H and O–H groups in total. The number of rotatable bonds is 5. The van der Waals surface area contributed by atoms with E-state index < -0.39 is 23.6 Å². The second-order valence-corrected chi connectivity index (χ2v) is 7.68. The Bertz CT molecular complexity index is 819. The van der Waals surface area contributed by atoms with E-state index in [9.17, 15) is 22.8 Å². The highest BCUT2D eigenvalue weighted by Gasteiger charge is 2.30. The molecule has 0 radical (unpaired) electrons. The van der Waals surface area contributed by atoms with Crippen LogP contribution in [0.15, 0.2) is 47.3 Å². The van der Waals surface area contributed by atoms with Crippen molar-refractivity contribution in [3.63, 3.8) is 0 Å². The second kappa shape index (κ2) is 9.36. The molecule has 0 spiro atoms. The van der Waals surface area contributed by atoms with Crippen LogP contribution in [0.25, 0.3) is 0 Å². The molecule has 1 aliphatic heterocycles. The maximum absolute atomic E-state index is 12.6. The number of amides is 2. The Kier molecular flexibility index (Phi) is 6.86. The number of hydrogen-bond acceptors (Lipinski definition) is 5. The van der Waals surface area contributed by atoms with E-state index >= 15 is 0 Å². The van der Waals surface area contributed by atoms with Crippen LogP contribution in [0, 0.1) is 0 Å². The number of alkyl halides is 3. The lowest BCUT2D eigenvalue weighted by molar-refractivity contribution is -0.137. The van der Waals surface area contributed by atoms with Crippen LogP contribution >= 0.6 is 11.8 Å². The summed E-state index contributed by atoms with van der Waals surface area (Å²) in [6, 6.07) is 5.59. The van der Waals surface area contributed by atoms with E-state index in [1.54, 1.807) is 12.5 Å². The number of furan rings is 1. The molecule has 2 amide bonds. The number of hydrogen-bond donors (Lipinski definition) is 2. The molecular weight excluding hydrogens is 407 g/mol. The van der Waals surface area contributed by atoms with Gasteiger partial charge >= 0.3 is 18.0 Å². The van der Waals surface area contributed by atoms with E-state index in [0.29, 0.717) is 0 Å². The largest absolute Gasteiger partial charge is 0.472 e. The number of carbonyl (C=O) groups is 2. The van der Waals surface area contributed by atoms with Gasteiger partial charge in [-0.2, -0.15) is 24.9 Å². The Morgan fingerprint density at radius 3 is 2.38 bits per heavy atom. The number of anilines is 1. The van der Waals surface area contributed by atoms with Gasteiger partial charge in [0.25, 0.3) is 0 Å². The van der Waals surface area contributed by atoms with Crippen molar-refractivity contribution in [1.29, 1.82) is 0 Å². The SMILES string of the molecule is O=C(NCC(c1ccoc1)N1CCSCC1)C(=O)Nc1ccc(C(F)(F)F)cc1. The van der Waals surface area contributed by atoms with Crippen molar-refractivity contribution >= 4 is 29.3 Å². The number of nitrogens with one attached hydrogen (secondary N) is 2. The molecule has 0 saturated carbocycles. The highest BCUT2D eigenvalue weighted by Crippen LogP contribution is 2.29. The molecule has 1 fully saturated rings. The molecule has 6 nitrogen and oxygen atoms in total. The lowest BCUT2D eigenvalue weighted by atomic mass is 10.1. The topological polar surface area (TPSA) is 74.6 Å². The minimum Gasteiger partial charge on any atom is -0.472 e. The van der Waals surface area contributed by atoms with E-state index in [-0.39, 0.29) is 18.3 Å². The summed E-state index contributed by atoms with van der Waals surface area (Å²) in [5.74, 6) is 0.169. The molecule has 2 aromatic rings. The number of benzene rings is 1. The molecular formula is C19H20F3N3O3S. The van der Waals surface area contributed by atoms with Crippen molar-refractivity contribution < 1.29 is 27.2 Å². The molecule has 1 aromatic carbocycles. The molecule has 1 aromatic heterocycles. The van der Waals surface area contributed by atoms with Crippen molar-refractivity contribution in [2.24, 2.45) is 0 Å². The molecule has 3 rings (SSSR count). The van der Waals surface area contributed by atoms with Gasteiger partial charge in [-0.3, -0.25) is 14.5 Å². The maximum atomic E-state index is 12.6. The molecule has 156 valence electrons. The lowest BCUT2D eigenvalue weighted by Crippen LogP contribution is -2.44. The summed E-state index contributed by atoms with van der Waals surface area (Å²) in [5.41, 5.74) is 0.181. The predicted molar refractivity (Wildman–Crippen MR) is 103 cm³/mol. The van der Waals surface area contributed by atoms with E-state index in [0.717, 1.165) is 54.4 Å². The van der Waals surface area contributed by atoms with Gasteiger partial charge in [0, 0.05) is 42.4 Å². The summed E-state index contributed by atoms with van der Waals surface area (Å²) >= 11 is 1.86. The summed E-state index contributed by atoms with van der Waals surface area (Å²) < 4.78 is 42.9. The van der Waals surface area contributed by atoms with Crippen LogP contribution in [-0.4, -0.2) is 47.9 Å². The first kappa shape index (κ1) is 21.3. The highest BCUT2D eigenvalue weighted by atomic mass is 32.2. The van der Waals surface area contributed by atoms with Gasteiger partial charge in [-0.25, -0.2) is 0 Å². The van der Waals surface area contributed by atoms with Gasteiger partial charge in [0.05, 0.1) is 24.1 Å². The van der Waals surface area contributed by atoms with Crippen LogP contribution in [0.3, 0.4) is 0 Å². The van der Waals surface area contributed by atoms with Gasteiger partial charge in [0.2, 0.25) is 0 Å². The van der Waals surface area contributed by atoms with Crippen molar-refractivity contribution in [2.75, 3.05) is 36.5 Å². The first-order valence-electron chi connectivity index (χ1n) is 8.95. The van der Waals surface area contributed by atoms with Crippen molar-refractivity contribution in [3.05, 3.63) is 54.0 Å². The smallest absolute Gasteiger partial charge is 0.416 e. The zero-order chi connectivity index (χ0) is 20.9. The number of carbonyl (C=O) groups excluding carboxylic acids is 2. The van der Waals surface area contributed by atoms with E-state index in [2.05, 4.69) is 15.5 Å². The van der Waals surface area contributed by atoms with Crippen LogP contribution in [0.2, 0.25) is 0 Å². The van der Waals surface area contributed by atoms with Crippen LogP contribution in [0.4, 0.5) is 18.9 Å². The standard InChI is InChI=1S/C19H20F3N3O3S/c20-19(21,22)14-1-3-15(4-2-14)24-18(27)17(26)23-11-16(13-5-8-28-12-13)25-6-9-29-10-7-25/h1-5,8,12,16H,6-7,9-11H2,(H,23,26)(H,24,27). The fraction of sp³-hybridized carbons (Fsp3) is 0.368. The van der Waals surface area contributed by atoms with E-state index in [1.807, 2.05) is 17.8 Å². The molecule has 10 heteroatoms. The summed E-state index contributed by atoms with van der Waals surface area (Å²) in [7, 11) is 0. The van der Waals surface area contributed by atoms with Crippen LogP contribution < -0.4 is 10.6 Å². The third-order valence-electron chi connectivity index (χ3n) is 4.55. The zero-order valence-corrected chi connectivity index (χ0v) is 16.2. The minimum atomic E-state index is -4.46. The number of thioether (sulfide) groups is 1. The Morgan fingerprint density at radius 2 is 1.79 bits per heavy atom. The highest BCUT2D eigenvalue weighted by molar-refractivity contribution is 7.99. The van der Waals surface area contributed by atoms with Gasteiger partial charge in [-0.05, 0) is 30.3 Å². The van der Waals surface area contributed by atoms with Crippen molar-refractivity contribution in [1.82, 2.24) is 10.2 Å². The van der Waals surface area contributed by atoms with Gasteiger partial charge in [0.15, 0.2) is 0 Å². The summed E-state index contributed by atoms with van der Waals surface area (Å²) in [6.07, 6.45) is -1.30. The normalized spacial score (nSPS) is 16.2. The molecule has 29 heavy (non-hydrogen) atoms. The van der Waals surface area contributed by atoms with Gasteiger partial charge in [0.1, 0.15) is 0 Å². The fourth-order valence-electron chi connectivity index (χ4n) is 3.01. The van der Waals surface area contributed by atoms with Gasteiger partial charge in [-0.1, -0.05) is 0 Å². The van der Waals surface area contributed by atoms with Crippen molar-refractivity contribution in [3.8, 4) is 0 Å². The molecule has 1 saturated heterocycles. The monoisotopic (exact) mass is 427 g/mol. The third kappa shape index (κ3) is 5.77. The number of halogens is 3. The zero-order valence-electron chi connectivity index (χ0n) is 15.4. The molecule has 2 heterocycles. The average Bonchev–Trinajstić information content (AvgIpc) is 3.23. The molecule has 1 aliphatic rings. The summed E-state index contributed by atoms with van der Waals surface area (Å²) in [5, 5.41) is 4.91. The van der Waals surface area contributed by atoms with Crippen LogP contribution in [0.1, 0.15) is 17.2 Å². The summed E-state index contributed by atoms with van der Waals surface area (Å²) in [4.78, 5) is 26.5. The molecule has 1 unspecified atom stereocenters. The molecule has 0 aliphatic carbocycles. The van der Waals surface area contributed by atoms with Gasteiger partial charge in [-0.15, -0.1) is 0 Å². The third-order valence-corrected chi connectivity index (χ3v) is 5.49. The van der Waals surface area contributed by atoms with E-state index in [1.165, 1.54) is 0 Å². The Balaban J connectivity index is 1.57. The minimum absolute atomic E-state index is 0.109. The quantitative estimate of drug-likeness (QED) is 0.718. The van der Waals surface area contributed by atoms with Crippen molar-refractivity contribution in [2.45, 2.75) is 12.2 Å². The predicted octanol–water partition coefficient (Wildman–Crippen LogP) is 3.14. The van der Waals surface area contributed by atoms with Crippen LogP contribution in [0.5, 0.6) is 0 Å². The van der Waals surface area contributed by atoms with Gasteiger partial charge < -0.3 is 15.1 Å². The first-order valence-corrected chi connectivity index (χ1v) is 10.1. The Hall–Kier alpha value is -2.46. The first-order chi connectivity index (χ1) is 13.8.